The molecule has 2 aromatic rings. The molecule has 3 rings (SSSR count). The number of amidine groups is 1. The molecule has 1 aromatic carbocycles. The number of aliphatic imine (C=N–C) groups is 1. The average molecular weight is 444 g/mol. The van der Waals surface area contributed by atoms with Gasteiger partial charge in [-0.2, -0.15) is 5.10 Å². The summed E-state index contributed by atoms with van der Waals surface area (Å²) in [4.78, 5) is 16.4. The molecule has 12 heteroatoms. The van der Waals surface area contributed by atoms with Gasteiger partial charge in [-0.3, -0.25) is 10.3 Å². The zero-order valence-corrected chi connectivity index (χ0v) is 17.1. The molecule has 1 aliphatic heterocycles. The van der Waals surface area contributed by atoms with Crippen molar-refractivity contribution in [2.75, 3.05) is 11.1 Å². The molecule has 2 atom stereocenters. The van der Waals surface area contributed by atoms with Crippen LogP contribution in [0.25, 0.3) is 0 Å². The Morgan fingerprint density at radius 2 is 2.21 bits per heavy atom. The van der Waals surface area contributed by atoms with E-state index in [2.05, 4.69) is 20.5 Å². The van der Waals surface area contributed by atoms with Crippen LogP contribution >= 0.6 is 11.6 Å². The van der Waals surface area contributed by atoms with Crippen LogP contribution in [-0.4, -0.2) is 41.5 Å². The molecule has 0 fully saturated rings. The van der Waals surface area contributed by atoms with Gasteiger partial charge in [0.25, 0.3) is 0 Å². The SMILES string of the molecule is C[C@H]1C(N)=NC(C)(c2cc(NC(=O)Oc3[nH]ncc3Cl)ccc2F)CCS1(=O)=O. The number of hydrogen-bond acceptors (Lipinski definition) is 7. The maximum atomic E-state index is 14.6. The molecule has 0 bridgehead atoms. The lowest BCUT2D eigenvalue weighted by atomic mass is 9.89. The van der Waals surface area contributed by atoms with Crippen molar-refractivity contribution in [3.63, 3.8) is 0 Å². The van der Waals surface area contributed by atoms with Crippen LogP contribution in [0.4, 0.5) is 14.9 Å². The Hall–Kier alpha value is -2.66. The summed E-state index contributed by atoms with van der Waals surface area (Å²) in [6, 6.07) is 3.85. The molecule has 1 aliphatic rings. The highest BCUT2D eigenvalue weighted by Gasteiger charge is 2.38. The van der Waals surface area contributed by atoms with Crippen molar-refractivity contribution < 1.29 is 22.3 Å². The summed E-state index contributed by atoms with van der Waals surface area (Å²) in [6.45, 7) is 3.04. The van der Waals surface area contributed by atoms with E-state index in [0.717, 1.165) is 6.07 Å². The number of nitrogens with one attached hydrogen (secondary N) is 2. The number of benzene rings is 1. The minimum Gasteiger partial charge on any atom is -0.390 e. The summed E-state index contributed by atoms with van der Waals surface area (Å²) in [7, 11) is -3.49. The molecule has 4 N–H and O–H groups in total. The third-order valence-corrected chi connectivity index (χ3v) is 7.11. The number of carbonyl (C=O) groups excluding carboxylic acids is 1. The first kappa shape index (κ1) is 21.1. The standard InChI is InChI=1S/C17H19ClFN5O4S/c1-9-14(20)23-17(2,5-6-29(9,26)27)11-7-10(3-4-13(11)19)22-16(25)28-15-12(18)8-21-24-15/h3-4,7-9H,5-6H2,1-2H3,(H2,20,23)(H,21,24)(H,22,25)/t9-,17?/m0/s1. The number of H-pyrrole nitrogens is 1. The maximum Gasteiger partial charge on any atom is 0.418 e. The Bertz CT molecular complexity index is 1090. The Morgan fingerprint density at radius 1 is 1.48 bits per heavy atom. The fourth-order valence-electron chi connectivity index (χ4n) is 2.91. The molecule has 0 aliphatic carbocycles. The van der Waals surface area contributed by atoms with E-state index in [1.807, 2.05) is 0 Å². The number of rotatable bonds is 3. The van der Waals surface area contributed by atoms with Crippen LogP contribution in [0.2, 0.25) is 5.02 Å². The van der Waals surface area contributed by atoms with Gasteiger partial charge in [0, 0.05) is 11.3 Å². The molecule has 1 aromatic heterocycles. The second kappa shape index (κ2) is 7.64. The van der Waals surface area contributed by atoms with Crippen LogP contribution in [0.3, 0.4) is 0 Å². The predicted octanol–water partition coefficient (Wildman–Crippen LogP) is 2.59. The minimum atomic E-state index is -3.49. The first-order chi connectivity index (χ1) is 13.5. The van der Waals surface area contributed by atoms with Gasteiger partial charge in [0.1, 0.15) is 21.9 Å². The molecule has 0 spiro atoms. The summed E-state index contributed by atoms with van der Waals surface area (Å²) in [5, 5.41) is 7.65. The summed E-state index contributed by atoms with van der Waals surface area (Å²) in [5.74, 6) is -0.937. The number of nitrogens with two attached hydrogens (primary N) is 1. The summed E-state index contributed by atoms with van der Waals surface area (Å²) >= 11 is 5.79. The maximum absolute atomic E-state index is 14.6. The smallest absolute Gasteiger partial charge is 0.390 e. The van der Waals surface area contributed by atoms with E-state index in [4.69, 9.17) is 22.1 Å². The lowest BCUT2D eigenvalue weighted by Gasteiger charge is -2.25. The average Bonchev–Trinajstić information content (AvgIpc) is 3.02. The topological polar surface area (TPSA) is 140 Å². The van der Waals surface area contributed by atoms with Gasteiger partial charge in [-0.1, -0.05) is 11.6 Å². The first-order valence-electron chi connectivity index (χ1n) is 8.56. The van der Waals surface area contributed by atoms with Crippen molar-refractivity contribution >= 4 is 39.1 Å². The first-order valence-corrected chi connectivity index (χ1v) is 10.7. The highest BCUT2D eigenvalue weighted by molar-refractivity contribution is 7.92. The third kappa shape index (κ3) is 4.35. The molecule has 29 heavy (non-hydrogen) atoms. The number of aromatic nitrogens is 2. The molecule has 0 radical (unpaired) electrons. The molecule has 0 saturated carbocycles. The van der Waals surface area contributed by atoms with Crippen molar-refractivity contribution in [3.8, 4) is 5.88 Å². The molecule has 0 saturated heterocycles. The van der Waals surface area contributed by atoms with Crippen LogP contribution in [0.15, 0.2) is 29.4 Å². The molecule has 1 unspecified atom stereocenters. The Labute approximate surface area is 171 Å². The van der Waals surface area contributed by atoms with Gasteiger partial charge in [0.15, 0.2) is 9.84 Å². The van der Waals surface area contributed by atoms with Gasteiger partial charge in [0.2, 0.25) is 5.88 Å². The summed E-state index contributed by atoms with van der Waals surface area (Å²) in [6.07, 6.45) is 0.429. The van der Waals surface area contributed by atoms with Gasteiger partial charge in [0.05, 0.1) is 17.5 Å². The molecule has 2 heterocycles. The van der Waals surface area contributed by atoms with Crippen molar-refractivity contribution in [3.05, 3.63) is 40.8 Å². The molecular formula is C17H19ClFN5O4S. The van der Waals surface area contributed by atoms with Crippen molar-refractivity contribution in [1.82, 2.24) is 10.2 Å². The number of nitrogens with zero attached hydrogens (tertiary/aromatic N) is 2. The van der Waals surface area contributed by atoms with Crippen LogP contribution in [0.1, 0.15) is 25.8 Å². The Morgan fingerprint density at radius 3 is 2.86 bits per heavy atom. The van der Waals surface area contributed by atoms with Gasteiger partial charge in [-0.05, 0) is 38.5 Å². The fourth-order valence-corrected chi connectivity index (χ4v) is 4.50. The van der Waals surface area contributed by atoms with E-state index in [9.17, 15) is 17.6 Å². The summed E-state index contributed by atoms with van der Waals surface area (Å²) < 4.78 is 44.1. The predicted molar refractivity (Wildman–Crippen MR) is 106 cm³/mol. The van der Waals surface area contributed by atoms with Crippen molar-refractivity contribution in [2.45, 2.75) is 31.1 Å². The van der Waals surface area contributed by atoms with Crippen LogP contribution in [-0.2, 0) is 15.4 Å². The van der Waals surface area contributed by atoms with E-state index in [1.54, 1.807) is 6.92 Å². The lowest BCUT2D eigenvalue weighted by molar-refractivity contribution is 0.213. The molecular weight excluding hydrogens is 425 g/mol. The number of sulfone groups is 1. The molecule has 1 amide bonds. The van der Waals surface area contributed by atoms with Gasteiger partial charge in [-0.25, -0.2) is 22.7 Å². The van der Waals surface area contributed by atoms with Crippen LogP contribution in [0, 0.1) is 5.82 Å². The van der Waals surface area contributed by atoms with E-state index in [-0.39, 0.29) is 40.2 Å². The zero-order valence-electron chi connectivity index (χ0n) is 15.6. The van der Waals surface area contributed by atoms with Crippen molar-refractivity contribution in [1.29, 1.82) is 0 Å². The van der Waals surface area contributed by atoms with Gasteiger partial charge >= 0.3 is 6.09 Å². The van der Waals surface area contributed by atoms with Gasteiger partial charge < -0.3 is 10.5 Å². The number of halogens is 2. The second-order valence-electron chi connectivity index (χ2n) is 6.83. The molecule has 156 valence electrons. The van der Waals surface area contributed by atoms with Gasteiger partial charge in [-0.15, -0.1) is 0 Å². The number of amides is 1. The quantitative estimate of drug-likeness (QED) is 0.666. The fraction of sp³-hybridized carbons (Fsp3) is 0.353. The van der Waals surface area contributed by atoms with E-state index in [0.29, 0.717) is 0 Å². The highest BCUT2D eigenvalue weighted by Crippen LogP contribution is 2.36. The van der Waals surface area contributed by atoms with E-state index >= 15 is 0 Å². The normalized spacial score (nSPS) is 23.7. The lowest BCUT2D eigenvalue weighted by Crippen LogP contribution is -2.33. The monoisotopic (exact) mass is 443 g/mol. The van der Waals surface area contributed by atoms with E-state index in [1.165, 1.54) is 25.3 Å². The second-order valence-corrected chi connectivity index (χ2v) is 9.67. The number of ether oxygens (including phenoxy) is 1. The van der Waals surface area contributed by atoms with Crippen molar-refractivity contribution in [2.24, 2.45) is 10.7 Å². The highest BCUT2D eigenvalue weighted by atomic mass is 35.5. The Kier molecular flexibility index (Phi) is 5.54. The summed E-state index contributed by atoms with van der Waals surface area (Å²) in [5.41, 5.74) is 4.96. The van der Waals surface area contributed by atoms with Crippen LogP contribution in [0.5, 0.6) is 5.88 Å². The Balaban J connectivity index is 1.89. The minimum absolute atomic E-state index is 0.0367. The van der Waals surface area contributed by atoms with E-state index < -0.39 is 32.5 Å². The zero-order chi connectivity index (χ0) is 21.4. The molecule has 9 nitrogen and oxygen atoms in total. The number of aromatic amines is 1. The number of carbonyl (C=O) groups is 1. The largest absolute Gasteiger partial charge is 0.418 e. The van der Waals surface area contributed by atoms with Crippen LogP contribution < -0.4 is 15.8 Å². The number of anilines is 1. The number of hydrogen-bond donors (Lipinski definition) is 3. The third-order valence-electron chi connectivity index (χ3n) is 4.75.